The number of hydrazine groups is 1. The van der Waals surface area contributed by atoms with Crippen LogP contribution in [-0.2, 0) is 0 Å². The molecule has 0 atom stereocenters. The van der Waals surface area contributed by atoms with Crippen molar-refractivity contribution in [2.75, 3.05) is 26.1 Å². The van der Waals surface area contributed by atoms with Gasteiger partial charge in [-0.25, -0.2) is 5.84 Å². The Morgan fingerprint density at radius 3 is 2.50 bits per heavy atom. The van der Waals surface area contributed by atoms with E-state index in [1.807, 2.05) is 6.92 Å². The summed E-state index contributed by atoms with van der Waals surface area (Å²) in [6, 6.07) is 3.37. The van der Waals surface area contributed by atoms with Crippen molar-refractivity contribution in [2.45, 2.75) is 6.92 Å². The van der Waals surface area contributed by atoms with Gasteiger partial charge in [-0.05, 0) is 13.0 Å². The molecule has 100 valence electrons. The molecule has 1 aromatic carbocycles. The molecule has 0 spiro atoms. The van der Waals surface area contributed by atoms with Gasteiger partial charge in [-0.3, -0.25) is 10.4 Å². The molecule has 0 unspecified atom stereocenters. The number of methoxy groups -OCH3 is 2. The van der Waals surface area contributed by atoms with Crippen molar-refractivity contribution in [1.29, 1.82) is 0 Å². The number of aliphatic imine (C=N–C) groups is 1. The van der Waals surface area contributed by atoms with E-state index in [0.717, 1.165) is 0 Å². The minimum atomic E-state index is 0.428. The Hall–Kier alpha value is -1.66. The van der Waals surface area contributed by atoms with Crippen LogP contribution in [0.5, 0.6) is 11.5 Å². The Morgan fingerprint density at radius 2 is 2.00 bits per heavy atom. The van der Waals surface area contributed by atoms with Crippen molar-refractivity contribution in [1.82, 2.24) is 5.43 Å². The van der Waals surface area contributed by atoms with E-state index < -0.39 is 0 Å². The first-order chi connectivity index (χ1) is 8.65. The highest BCUT2D eigenvalue weighted by Gasteiger charge is 2.11. The summed E-state index contributed by atoms with van der Waals surface area (Å²) in [5.74, 6) is 6.89. The fraction of sp³-hybridized carbons (Fsp3) is 0.364. The zero-order chi connectivity index (χ0) is 13.5. The summed E-state index contributed by atoms with van der Waals surface area (Å²) in [6.45, 7) is 2.50. The van der Waals surface area contributed by atoms with Gasteiger partial charge in [0.15, 0.2) is 0 Å². The number of hydrogen-bond acceptors (Lipinski definition) is 4. The second-order valence-electron chi connectivity index (χ2n) is 3.28. The highest BCUT2D eigenvalue weighted by atomic mass is 35.5. The van der Waals surface area contributed by atoms with Crippen LogP contribution in [0.1, 0.15) is 6.92 Å². The lowest BCUT2D eigenvalue weighted by Crippen LogP contribution is -2.36. The number of hydrogen-bond donors (Lipinski definition) is 3. The standard InChI is InChI=1S/C11H17ClN4O2/c1-4-14-11(16-13)15-8-5-7(12)9(17-2)6-10(8)18-3/h5-6H,4,13H2,1-3H3,(H2,14,15,16). The Bertz CT molecular complexity index is 437. The average Bonchev–Trinajstić information content (AvgIpc) is 2.38. The van der Waals surface area contributed by atoms with E-state index in [1.165, 1.54) is 0 Å². The van der Waals surface area contributed by atoms with Gasteiger partial charge in [0, 0.05) is 12.6 Å². The summed E-state index contributed by atoms with van der Waals surface area (Å²) in [7, 11) is 3.10. The van der Waals surface area contributed by atoms with Crippen molar-refractivity contribution in [2.24, 2.45) is 10.8 Å². The molecule has 0 aliphatic rings. The topological polar surface area (TPSA) is 80.9 Å². The maximum absolute atomic E-state index is 6.05. The lowest BCUT2D eigenvalue weighted by molar-refractivity contribution is 0.396. The number of rotatable bonds is 4. The average molecular weight is 273 g/mol. The number of nitrogens with one attached hydrogen (secondary N) is 2. The molecule has 0 radical (unpaired) electrons. The minimum absolute atomic E-state index is 0.428. The Morgan fingerprint density at radius 1 is 1.33 bits per heavy atom. The zero-order valence-electron chi connectivity index (χ0n) is 10.6. The van der Waals surface area contributed by atoms with E-state index in [0.29, 0.717) is 34.7 Å². The Kier molecular flexibility index (Phi) is 5.54. The summed E-state index contributed by atoms with van der Waals surface area (Å²) >= 11 is 6.05. The number of guanidine groups is 1. The molecule has 18 heavy (non-hydrogen) atoms. The molecule has 0 saturated carbocycles. The number of anilines is 1. The van der Waals surface area contributed by atoms with E-state index in [4.69, 9.17) is 26.9 Å². The fourth-order valence-electron chi connectivity index (χ4n) is 1.36. The minimum Gasteiger partial charge on any atom is -0.495 e. The molecule has 0 heterocycles. The van der Waals surface area contributed by atoms with Gasteiger partial charge >= 0.3 is 0 Å². The number of nitrogens with two attached hydrogens (primary N) is 1. The van der Waals surface area contributed by atoms with Crippen molar-refractivity contribution < 1.29 is 9.47 Å². The van der Waals surface area contributed by atoms with Crippen LogP contribution in [0.3, 0.4) is 0 Å². The number of halogens is 1. The van der Waals surface area contributed by atoms with Crippen molar-refractivity contribution >= 4 is 23.2 Å². The second-order valence-corrected chi connectivity index (χ2v) is 3.69. The van der Waals surface area contributed by atoms with Gasteiger partial charge in [-0.1, -0.05) is 11.6 Å². The van der Waals surface area contributed by atoms with Gasteiger partial charge in [0.2, 0.25) is 5.96 Å². The molecule has 0 amide bonds. The number of ether oxygens (including phenoxy) is 2. The third-order valence-corrected chi connectivity index (χ3v) is 2.48. The van der Waals surface area contributed by atoms with Crippen molar-refractivity contribution in [3.63, 3.8) is 0 Å². The van der Waals surface area contributed by atoms with E-state index in [9.17, 15) is 0 Å². The van der Waals surface area contributed by atoms with E-state index in [1.54, 1.807) is 26.4 Å². The summed E-state index contributed by atoms with van der Waals surface area (Å²) in [5.41, 5.74) is 3.11. The molecular weight excluding hydrogens is 256 g/mol. The van der Waals surface area contributed by atoms with Crippen LogP contribution in [0.15, 0.2) is 17.1 Å². The molecular formula is C11H17ClN4O2. The normalized spacial score (nSPS) is 11.1. The van der Waals surface area contributed by atoms with Gasteiger partial charge in [0.05, 0.1) is 24.9 Å². The van der Waals surface area contributed by atoms with Crippen molar-refractivity contribution in [3.8, 4) is 11.5 Å². The third kappa shape index (κ3) is 3.41. The van der Waals surface area contributed by atoms with E-state index in [2.05, 4.69) is 15.7 Å². The predicted molar refractivity (Wildman–Crippen MR) is 73.5 cm³/mol. The van der Waals surface area contributed by atoms with Gasteiger partial charge in [-0.15, -0.1) is 0 Å². The monoisotopic (exact) mass is 272 g/mol. The molecule has 4 N–H and O–H groups in total. The molecule has 0 aliphatic heterocycles. The molecule has 6 nitrogen and oxygen atoms in total. The highest BCUT2D eigenvalue weighted by Crippen LogP contribution is 2.35. The lowest BCUT2D eigenvalue weighted by atomic mass is 10.2. The summed E-state index contributed by atoms with van der Waals surface area (Å²) in [5, 5.41) is 3.46. The van der Waals surface area contributed by atoms with Crippen LogP contribution in [0.4, 0.5) is 5.69 Å². The van der Waals surface area contributed by atoms with E-state index >= 15 is 0 Å². The van der Waals surface area contributed by atoms with Gasteiger partial charge < -0.3 is 14.8 Å². The molecule has 1 aromatic rings. The third-order valence-electron chi connectivity index (χ3n) is 2.18. The Labute approximate surface area is 111 Å². The number of benzene rings is 1. The van der Waals surface area contributed by atoms with Crippen LogP contribution < -0.4 is 26.1 Å². The van der Waals surface area contributed by atoms with Gasteiger partial charge in [0.1, 0.15) is 11.5 Å². The second kappa shape index (κ2) is 6.93. The fourth-order valence-corrected chi connectivity index (χ4v) is 1.61. The first kappa shape index (κ1) is 14.4. The molecule has 0 fully saturated rings. The van der Waals surface area contributed by atoms with Gasteiger partial charge in [0.25, 0.3) is 0 Å². The summed E-state index contributed by atoms with van der Waals surface area (Å²) in [4.78, 5) is 4.13. The van der Waals surface area contributed by atoms with Crippen LogP contribution >= 0.6 is 11.6 Å². The van der Waals surface area contributed by atoms with Crippen LogP contribution in [-0.4, -0.2) is 26.7 Å². The van der Waals surface area contributed by atoms with Crippen LogP contribution in [0.2, 0.25) is 5.02 Å². The highest BCUT2D eigenvalue weighted by molar-refractivity contribution is 6.32. The molecule has 7 heteroatoms. The van der Waals surface area contributed by atoms with Crippen molar-refractivity contribution in [3.05, 3.63) is 17.2 Å². The largest absolute Gasteiger partial charge is 0.495 e. The first-order valence-corrected chi connectivity index (χ1v) is 5.73. The maximum Gasteiger partial charge on any atom is 0.210 e. The molecule has 0 aliphatic carbocycles. The lowest BCUT2D eigenvalue weighted by Gasteiger charge is -2.14. The van der Waals surface area contributed by atoms with E-state index in [-0.39, 0.29) is 0 Å². The number of nitrogens with zero attached hydrogens (tertiary/aromatic N) is 1. The van der Waals surface area contributed by atoms with Gasteiger partial charge in [-0.2, -0.15) is 0 Å². The summed E-state index contributed by atoms with van der Waals surface area (Å²) in [6.07, 6.45) is 0. The molecule has 0 saturated heterocycles. The van der Waals surface area contributed by atoms with Crippen LogP contribution in [0.25, 0.3) is 0 Å². The first-order valence-electron chi connectivity index (χ1n) is 5.35. The Balaban J connectivity index is 3.08. The van der Waals surface area contributed by atoms with Crippen LogP contribution in [0, 0.1) is 0 Å². The summed E-state index contributed by atoms with van der Waals surface area (Å²) < 4.78 is 10.4. The molecule has 1 rings (SSSR count). The quantitative estimate of drug-likeness (QED) is 0.336. The maximum atomic E-state index is 6.05. The predicted octanol–water partition coefficient (Wildman–Crippen LogP) is 1.61. The molecule has 0 aromatic heterocycles. The smallest absolute Gasteiger partial charge is 0.210 e. The zero-order valence-corrected chi connectivity index (χ0v) is 11.3. The molecule has 0 bridgehead atoms. The SMILES string of the molecule is CCN=C(NN)Nc1cc(Cl)c(OC)cc1OC.